The quantitative estimate of drug-likeness (QED) is 0.0169. The first kappa shape index (κ1) is 59.3. The Hall–Kier alpha value is -11.1. The van der Waals surface area contributed by atoms with Crippen LogP contribution in [0, 0.1) is 0 Å². The molecule has 0 radical (unpaired) electrons. The van der Waals surface area contributed by atoms with E-state index in [0.717, 1.165) is 70.0 Å². The van der Waals surface area contributed by atoms with Crippen LogP contribution in [0.15, 0.2) is 297 Å². The number of aliphatic hydroxyl groups is 7. The average Bonchev–Trinajstić information content (AvgIpc) is 0.743. The van der Waals surface area contributed by atoms with Gasteiger partial charge in [0.1, 0.15) is 129 Å². The van der Waals surface area contributed by atoms with Crippen LogP contribution in [0.2, 0.25) is 0 Å². The number of benzene rings is 14. The Morgan fingerprint density at radius 1 is 0.250 bits per heavy atom. The Labute approximate surface area is 897 Å². The number of fused-ring (bicyclic) bond motifs is 7. The van der Waals surface area contributed by atoms with Crippen molar-refractivity contribution in [3.63, 3.8) is 0 Å². The Morgan fingerprint density at radius 3 is 0.721 bits per heavy atom. The molecule has 14 N–H and O–H groups in total. The lowest BCUT2D eigenvalue weighted by atomic mass is 10.1. The lowest BCUT2D eigenvalue weighted by molar-refractivity contribution is 0.105. The molecule has 7 atom stereocenters. The summed E-state index contributed by atoms with van der Waals surface area (Å²) < 4.78 is 440. The number of aliphatic hydroxyl groups excluding tert-OH is 5. The molecular weight excluding hydrogens is 1700 g/mol. The number of rotatable bonds is 42. The SMILES string of the molecule is [2H]C.[2H]C.[2H]C.[2H]C(O)(CNC(C)C)COc1cccc2ccccc12.[2H]C(O)(CNC([2H])(C([2H])([2H])[2H])C([2H])([2H])[2H])COc1cccc2ccccc12.[2H]C([2H])(NC(C)C)C(O)COc1cccc2ccccc12.[2H]C([2H])(NC([2H])(C([2H])([2H])[2H])C([2H])([2H])[2H])C(O)COc1cccc2ccccc12.[2H]C([2H])(Oc1cccc2ccccc12)C(O)CNC(C)C.[2H]C([2H])(Oc1cccc2ccccc12)C(O)CNC([2H])(C([2H])([2H])[2H])C([2H])([2H])[2H].[2H]C([2H])([2H])C(NC([2H])([2H])C(O)COc1cccc2ccccc12)C([2H])([2H])[2H].[2H][2H].[2H][2H].[2H][2H].[2H][2H].[2H][2H].[2H][2H].[2H][2H].[2H][2H].[2H][2H]. The monoisotopic (exact) mass is 1940 g/mol. The summed E-state index contributed by atoms with van der Waals surface area (Å²) in [4.78, 5) is 0. The van der Waals surface area contributed by atoms with Gasteiger partial charge >= 0.3 is 0 Å². The summed E-state index contributed by atoms with van der Waals surface area (Å²) >= 11 is 0. The van der Waals surface area contributed by atoms with Crippen molar-refractivity contribution in [3.05, 3.63) is 297 Å². The Bertz CT molecular complexity index is 7330. The van der Waals surface area contributed by atoms with E-state index in [1.807, 2.05) is 258 Å². The maximum atomic E-state index is 10.2. The van der Waals surface area contributed by atoms with Crippen LogP contribution in [0.1, 0.15) is 203 Å². The van der Waals surface area contributed by atoms with E-state index in [0.29, 0.717) is 39.9 Å². The molecular formula is C115H177N7O14. The van der Waals surface area contributed by atoms with Gasteiger partial charge in [-0.05, 0) is 80.2 Å². The summed E-state index contributed by atoms with van der Waals surface area (Å²) in [5.41, 5.74) is 0. The smallest absolute Gasteiger partial charge is 0.127 e. The minimum absolute atomic E-state index is 0.0628. The van der Waals surface area contributed by atoms with Crippen molar-refractivity contribution in [3.8, 4) is 40.2 Å². The number of ether oxygens (including phenoxy) is 7. The summed E-state index contributed by atoms with van der Waals surface area (Å²) in [6.45, 7) is -29.5. The lowest BCUT2D eigenvalue weighted by Crippen LogP contribution is -2.35. The highest BCUT2D eigenvalue weighted by atomic mass is 16.5. The van der Waals surface area contributed by atoms with E-state index in [9.17, 15) is 35.7 Å². The van der Waals surface area contributed by atoms with Crippen molar-refractivity contribution in [2.24, 2.45) is 0 Å². The maximum absolute atomic E-state index is 10.2. The predicted molar refractivity (Wildman–Crippen MR) is 589 cm³/mol. The lowest BCUT2D eigenvalue weighted by Gasteiger charge is -2.15. The first-order valence-corrected chi connectivity index (χ1v) is 42.8. The standard InChI is InChI=1S/7C16H21NO2.3CH4.9H2/c7*1-12(2)17-10-14(18)11-19-16-9-5-7-13-6-3-4-8-15(13)16;;;;;;;;;;;;/h7*3-9,12,14,17-18H,10-11H2,1-2H3;3*1H4;9*1H/i1D3,2D3,12D,14D;1D3,2D3,11D2,12D;1D3,2D3,10D2,12D;1D3,2D3,10D2;14D;11D2;10D2;3*1D;9*1+1D. The van der Waals surface area contributed by atoms with Gasteiger partial charge in [-0.25, -0.2) is 0 Å². The van der Waals surface area contributed by atoms with Gasteiger partial charge in [0.15, 0.2) is 0 Å². The van der Waals surface area contributed by atoms with E-state index in [1.165, 1.54) is 28.3 Å². The molecule has 14 aromatic carbocycles. The van der Waals surface area contributed by atoms with Gasteiger partial charge in [-0.15, -0.1) is 0 Å². The van der Waals surface area contributed by atoms with E-state index in [4.69, 9.17) is 117 Å². The highest BCUT2D eigenvalue weighted by molar-refractivity contribution is 5.93. The van der Waals surface area contributed by atoms with Crippen molar-refractivity contribution in [1.82, 2.24) is 37.2 Å². The molecule has 0 spiro atoms. The van der Waals surface area contributed by atoms with Gasteiger partial charge in [0.2, 0.25) is 0 Å². The molecule has 7 unspecified atom stereocenters. The third kappa shape index (κ3) is 43.1. The minimum atomic E-state index is -3.37. The molecule has 0 aliphatic rings. The van der Waals surface area contributed by atoms with Crippen molar-refractivity contribution in [2.45, 2.75) is 203 Å². The maximum Gasteiger partial charge on any atom is 0.127 e. The zero-order chi connectivity index (χ0) is 153. The van der Waals surface area contributed by atoms with Gasteiger partial charge in [0.25, 0.3) is 0 Å². The van der Waals surface area contributed by atoms with Gasteiger partial charge in [0.05, 0.1) is 8.22 Å². The van der Waals surface area contributed by atoms with E-state index in [1.54, 1.807) is 96.3 Å². The molecule has 21 nitrogen and oxygen atoms in total. The number of hydrogen-bond acceptors (Lipinski definition) is 21. The zero-order valence-electron chi connectivity index (χ0n) is 138. The van der Waals surface area contributed by atoms with Crippen LogP contribution in [-0.2, 0) is 0 Å². The van der Waals surface area contributed by atoms with Crippen LogP contribution in [0.3, 0.4) is 0 Å². The number of nitrogens with one attached hydrogen (secondary N) is 7. The van der Waals surface area contributed by atoms with Crippen LogP contribution in [0.5, 0.6) is 40.2 Å². The van der Waals surface area contributed by atoms with Gasteiger partial charge in [0, 0.05) is 202 Å². The average molecular weight is 1940 g/mol. The molecule has 136 heavy (non-hydrogen) atoms. The van der Waals surface area contributed by atoms with Gasteiger partial charge in [-0.3, -0.25) is 0 Å². The molecule has 0 aliphatic carbocycles. The second kappa shape index (κ2) is 64.1. The molecule has 0 aromatic heterocycles. The summed E-state index contributed by atoms with van der Waals surface area (Å²) in [6.07, 6.45) is -12.2. The molecule has 0 aliphatic heterocycles. The second-order valence-electron chi connectivity index (χ2n) is 30.4. The second-order valence-corrected chi connectivity index (χ2v) is 30.4. The van der Waals surface area contributed by atoms with E-state index in [-0.39, 0.29) is 50.2 Å². The molecule has 0 fully saturated rings. The van der Waals surface area contributed by atoms with Crippen LogP contribution in [-0.4, -0.2) is 212 Å². The first-order valence-electron chi connectivity index (χ1n) is 74.3. The van der Waals surface area contributed by atoms with Gasteiger partial charge < -0.3 is 106 Å². The third-order valence-electron chi connectivity index (χ3n) is 18.5. The molecule has 14 aromatic rings. The Kier molecular flexibility index (Phi) is 27.9. The predicted octanol–water partition coefficient (Wildman–Crippen LogP) is 22.2. The van der Waals surface area contributed by atoms with Crippen molar-refractivity contribution < 1.29 is 153 Å². The van der Waals surface area contributed by atoms with Crippen LogP contribution >= 0.6 is 0 Å². The zero-order valence-corrected chi connectivity index (χ0v) is 77.8. The third-order valence-corrected chi connectivity index (χ3v) is 18.5. The molecule has 14 rings (SSSR count). The van der Waals surface area contributed by atoms with Crippen LogP contribution in [0.4, 0.5) is 0 Å². The van der Waals surface area contributed by atoms with E-state index in [2.05, 4.69) is 16.0 Å². The fourth-order valence-electron chi connectivity index (χ4n) is 12.2. The Morgan fingerprint density at radius 2 is 0.456 bits per heavy atom. The van der Waals surface area contributed by atoms with E-state index < -0.39 is 187 Å². The highest BCUT2D eigenvalue weighted by Gasteiger charge is 2.16. The Balaban J connectivity index is -0.000000706. The van der Waals surface area contributed by atoms with Crippen molar-refractivity contribution in [1.29, 1.82) is 0 Å². The summed E-state index contributed by atoms with van der Waals surface area (Å²) in [5, 5.41) is 99.2. The van der Waals surface area contributed by atoms with Crippen LogP contribution in [0.25, 0.3) is 75.4 Å². The molecule has 756 valence electrons. The molecule has 0 saturated heterocycles. The molecule has 0 amide bonds. The van der Waals surface area contributed by atoms with Gasteiger partial charge in [-0.1, -0.05) is 373 Å². The topological polar surface area (TPSA) is 290 Å². The normalized spacial score (nSPS) is 19.4. The van der Waals surface area contributed by atoms with E-state index >= 15 is 0 Å². The molecule has 0 heterocycles. The molecule has 0 saturated carbocycles. The highest BCUT2D eigenvalue weighted by Crippen LogP contribution is 2.32. The summed E-state index contributed by atoms with van der Waals surface area (Å²) in [5.74, 6) is 3.14. The first-order chi connectivity index (χ1) is 91.2. The fourth-order valence-corrected chi connectivity index (χ4v) is 12.2. The van der Waals surface area contributed by atoms with Gasteiger partial charge in [-0.2, -0.15) is 0 Å². The van der Waals surface area contributed by atoms with Crippen LogP contribution < -0.4 is 70.4 Å². The summed E-state index contributed by atoms with van der Waals surface area (Å²) in [6, 6.07) is 78.7. The summed E-state index contributed by atoms with van der Waals surface area (Å²) in [7, 11) is 3.75. The molecule has 21 heteroatoms. The fraction of sp³-hybridized carbons (Fsp3) is 0.391. The number of hydrogen-bond donors (Lipinski definition) is 14. The van der Waals surface area contributed by atoms with Crippen molar-refractivity contribution in [2.75, 3.05) is 91.8 Å². The largest absolute Gasteiger partial charge is 0.490 e. The van der Waals surface area contributed by atoms with Crippen molar-refractivity contribution >= 4 is 75.4 Å². The molecule has 0 bridgehead atoms. The minimum Gasteiger partial charge on any atom is -0.490 e.